The molecule has 3 rings (SSSR count). The Morgan fingerprint density at radius 2 is 1.85 bits per heavy atom. The van der Waals surface area contributed by atoms with E-state index in [9.17, 15) is 19.5 Å². The number of ether oxygens (including phenoxy) is 2. The molecule has 10 nitrogen and oxygen atoms in total. The Kier molecular flexibility index (Phi) is 7.42. The maximum atomic E-state index is 13.2. The van der Waals surface area contributed by atoms with E-state index in [2.05, 4.69) is 5.32 Å². The zero-order valence-corrected chi connectivity index (χ0v) is 18.9. The van der Waals surface area contributed by atoms with E-state index in [0.717, 1.165) is 10.5 Å². The standard InChI is InChI=1S/C24H25N3O7/c1-26-12-10-19(28)22(23(26)31)27(24(32)25-11-9-21(29)30)16-7-8-20(34-3)18(14-16)15-5-4-6-17(13-15)33-2/h4-8,10,12-14,28H,9,11H2,1-3H3,(H,25,32)(H,29,30). The van der Waals surface area contributed by atoms with Crippen LogP contribution in [0.2, 0.25) is 0 Å². The van der Waals surface area contributed by atoms with Gasteiger partial charge in [-0.05, 0) is 42.0 Å². The summed E-state index contributed by atoms with van der Waals surface area (Å²) in [7, 11) is 4.54. The predicted octanol–water partition coefficient (Wildman–Crippen LogP) is 3.10. The summed E-state index contributed by atoms with van der Waals surface area (Å²) in [6.07, 6.45) is 1.06. The van der Waals surface area contributed by atoms with Crippen LogP contribution in [-0.4, -0.2) is 47.5 Å². The van der Waals surface area contributed by atoms with E-state index in [1.165, 1.54) is 31.0 Å². The highest BCUT2D eigenvalue weighted by Gasteiger charge is 2.26. The molecule has 0 aliphatic heterocycles. The topological polar surface area (TPSA) is 130 Å². The number of carbonyl (C=O) groups excluding carboxylic acids is 1. The summed E-state index contributed by atoms with van der Waals surface area (Å²) in [5.74, 6) is -0.374. The smallest absolute Gasteiger partial charge is 0.326 e. The van der Waals surface area contributed by atoms with E-state index in [-0.39, 0.29) is 24.3 Å². The van der Waals surface area contributed by atoms with Gasteiger partial charge in [-0.25, -0.2) is 4.79 Å². The zero-order chi connectivity index (χ0) is 24.8. The quantitative estimate of drug-likeness (QED) is 0.464. The Morgan fingerprint density at radius 1 is 1.09 bits per heavy atom. The zero-order valence-electron chi connectivity index (χ0n) is 18.9. The van der Waals surface area contributed by atoms with Crippen LogP contribution >= 0.6 is 0 Å². The number of rotatable bonds is 8. The molecule has 10 heteroatoms. The SMILES string of the molecule is COc1cccc(-c2cc(N(C(=O)NCCC(=O)O)c3c(O)ccn(C)c3=O)ccc2OC)c1. The fourth-order valence-electron chi connectivity index (χ4n) is 3.37. The normalized spacial score (nSPS) is 10.4. The van der Waals surface area contributed by atoms with Gasteiger partial charge in [0.15, 0.2) is 5.69 Å². The molecule has 3 N–H and O–H groups in total. The number of carbonyl (C=O) groups is 2. The van der Waals surface area contributed by atoms with E-state index in [0.29, 0.717) is 17.1 Å². The Hall–Kier alpha value is -4.47. The van der Waals surface area contributed by atoms with Crippen molar-refractivity contribution in [3.05, 3.63) is 65.1 Å². The first kappa shape index (κ1) is 24.2. The molecule has 3 aromatic rings. The highest BCUT2D eigenvalue weighted by Crippen LogP contribution is 2.38. The molecule has 0 radical (unpaired) electrons. The van der Waals surface area contributed by atoms with Crippen LogP contribution in [0.5, 0.6) is 17.2 Å². The van der Waals surface area contributed by atoms with Crippen molar-refractivity contribution in [2.45, 2.75) is 6.42 Å². The maximum Gasteiger partial charge on any atom is 0.326 e. The molecule has 0 spiro atoms. The number of nitrogens with zero attached hydrogens (tertiary/aromatic N) is 2. The number of carboxylic acids is 1. The average Bonchev–Trinajstić information content (AvgIpc) is 2.83. The van der Waals surface area contributed by atoms with Gasteiger partial charge in [-0.1, -0.05) is 12.1 Å². The lowest BCUT2D eigenvalue weighted by atomic mass is 10.0. The molecule has 0 bridgehead atoms. The number of anilines is 2. The molecule has 178 valence electrons. The molecule has 2 amide bonds. The van der Waals surface area contributed by atoms with Gasteiger partial charge < -0.3 is 29.6 Å². The molecule has 0 fully saturated rings. The lowest BCUT2D eigenvalue weighted by Gasteiger charge is -2.25. The Balaban J connectivity index is 2.18. The van der Waals surface area contributed by atoms with Gasteiger partial charge >= 0.3 is 12.0 Å². The summed E-state index contributed by atoms with van der Waals surface area (Å²) >= 11 is 0. The fourth-order valence-corrected chi connectivity index (χ4v) is 3.37. The van der Waals surface area contributed by atoms with Gasteiger partial charge in [0.2, 0.25) is 0 Å². The largest absolute Gasteiger partial charge is 0.505 e. The minimum absolute atomic E-state index is 0.169. The molecule has 34 heavy (non-hydrogen) atoms. The third-order valence-corrected chi connectivity index (χ3v) is 5.09. The maximum absolute atomic E-state index is 13.2. The number of amides is 2. The first-order chi connectivity index (χ1) is 16.3. The first-order valence-corrected chi connectivity index (χ1v) is 10.3. The second-order valence-electron chi connectivity index (χ2n) is 7.29. The summed E-state index contributed by atoms with van der Waals surface area (Å²) in [4.78, 5) is 38.0. The van der Waals surface area contributed by atoms with Gasteiger partial charge in [-0.15, -0.1) is 0 Å². The van der Waals surface area contributed by atoms with Crippen molar-refractivity contribution in [2.75, 3.05) is 25.7 Å². The second kappa shape index (κ2) is 10.4. The van der Waals surface area contributed by atoms with Crippen LogP contribution in [0.1, 0.15) is 6.42 Å². The summed E-state index contributed by atoms with van der Waals surface area (Å²) in [6, 6.07) is 12.6. The van der Waals surface area contributed by atoms with Crippen LogP contribution < -0.4 is 25.2 Å². The van der Waals surface area contributed by atoms with E-state index >= 15 is 0 Å². The van der Waals surface area contributed by atoms with Crippen molar-refractivity contribution in [3.63, 3.8) is 0 Å². The van der Waals surface area contributed by atoms with Crippen LogP contribution in [0.25, 0.3) is 11.1 Å². The van der Waals surface area contributed by atoms with Gasteiger partial charge in [0, 0.05) is 25.4 Å². The van der Waals surface area contributed by atoms with Gasteiger partial charge in [-0.2, -0.15) is 0 Å². The van der Waals surface area contributed by atoms with Crippen LogP contribution in [0, 0.1) is 0 Å². The molecule has 0 aliphatic rings. The monoisotopic (exact) mass is 467 g/mol. The summed E-state index contributed by atoms with van der Waals surface area (Å²) in [5.41, 5.74) is 0.695. The number of urea groups is 1. The van der Waals surface area contributed by atoms with E-state index in [1.54, 1.807) is 43.5 Å². The number of hydrogen-bond donors (Lipinski definition) is 3. The van der Waals surface area contributed by atoms with Gasteiger partial charge in [0.25, 0.3) is 5.56 Å². The number of methoxy groups -OCH3 is 2. The van der Waals surface area contributed by atoms with Crippen molar-refractivity contribution < 1.29 is 29.3 Å². The molecule has 0 aliphatic carbocycles. The Labute approximate surface area is 195 Å². The number of benzene rings is 2. The lowest BCUT2D eigenvalue weighted by Crippen LogP contribution is -2.41. The van der Waals surface area contributed by atoms with Crippen molar-refractivity contribution in [1.82, 2.24) is 9.88 Å². The number of carboxylic acid groups (broad SMARTS) is 1. The third kappa shape index (κ3) is 5.12. The number of nitrogens with one attached hydrogen (secondary N) is 1. The lowest BCUT2D eigenvalue weighted by molar-refractivity contribution is -0.136. The molecule has 1 aromatic heterocycles. The van der Waals surface area contributed by atoms with Crippen molar-refractivity contribution >= 4 is 23.4 Å². The van der Waals surface area contributed by atoms with Crippen LogP contribution in [0.3, 0.4) is 0 Å². The highest BCUT2D eigenvalue weighted by atomic mass is 16.5. The summed E-state index contributed by atoms with van der Waals surface area (Å²) < 4.78 is 12.0. The number of aliphatic carboxylic acids is 1. The predicted molar refractivity (Wildman–Crippen MR) is 126 cm³/mol. The minimum Gasteiger partial charge on any atom is -0.505 e. The fraction of sp³-hybridized carbons (Fsp3) is 0.208. The highest BCUT2D eigenvalue weighted by molar-refractivity contribution is 6.01. The first-order valence-electron chi connectivity index (χ1n) is 10.3. The van der Waals surface area contributed by atoms with Crippen LogP contribution in [0.15, 0.2) is 59.5 Å². The number of pyridine rings is 1. The Morgan fingerprint density at radius 3 is 2.53 bits per heavy atom. The number of aromatic nitrogens is 1. The second-order valence-corrected chi connectivity index (χ2v) is 7.29. The molecule has 0 atom stereocenters. The summed E-state index contributed by atoms with van der Waals surface area (Å²) in [6.45, 7) is -0.169. The minimum atomic E-state index is -1.09. The van der Waals surface area contributed by atoms with E-state index in [1.807, 2.05) is 6.07 Å². The molecule has 0 unspecified atom stereocenters. The Bertz CT molecular complexity index is 1270. The van der Waals surface area contributed by atoms with Gasteiger partial charge in [-0.3, -0.25) is 14.5 Å². The van der Waals surface area contributed by atoms with Crippen molar-refractivity contribution in [2.24, 2.45) is 7.05 Å². The average molecular weight is 467 g/mol. The summed E-state index contributed by atoms with van der Waals surface area (Å²) in [5, 5.41) is 21.9. The van der Waals surface area contributed by atoms with E-state index < -0.39 is 23.3 Å². The van der Waals surface area contributed by atoms with Crippen molar-refractivity contribution in [1.29, 1.82) is 0 Å². The third-order valence-electron chi connectivity index (χ3n) is 5.09. The van der Waals surface area contributed by atoms with Gasteiger partial charge in [0.05, 0.1) is 26.3 Å². The molecule has 0 saturated heterocycles. The number of aryl methyl sites for hydroxylation is 1. The van der Waals surface area contributed by atoms with E-state index in [4.69, 9.17) is 14.6 Å². The molecular weight excluding hydrogens is 442 g/mol. The van der Waals surface area contributed by atoms with Crippen LogP contribution in [-0.2, 0) is 11.8 Å². The number of aromatic hydroxyl groups is 1. The molecule has 0 saturated carbocycles. The van der Waals surface area contributed by atoms with Crippen LogP contribution in [0.4, 0.5) is 16.2 Å². The molecule has 2 aromatic carbocycles. The molecular formula is C24H25N3O7. The molecule has 1 heterocycles. The number of hydrogen-bond acceptors (Lipinski definition) is 6. The van der Waals surface area contributed by atoms with Gasteiger partial charge in [0.1, 0.15) is 17.2 Å². The van der Waals surface area contributed by atoms with Crippen molar-refractivity contribution in [3.8, 4) is 28.4 Å².